The molecule has 2 fully saturated rings. The van der Waals surface area contributed by atoms with Gasteiger partial charge in [0.05, 0.1) is 11.0 Å². The monoisotopic (exact) mass is 544 g/mol. The highest BCUT2D eigenvalue weighted by atomic mass is 35.5. The maximum Gasteiger partial charge on any atom is 0.329 e. The number of aliphatic hydroxyl groups excluding tert-OH is 1. The molecule has 38 heavy (non-hydrogen) atoms. The van der Waals surface area contributed by atoms with Crippen LogP contribution < -0.4 is 16.0 Å². The van der Waals surface area contributed by atoms with Crippen molar-refractivity contribution in [3.05, 3.63) is 51.2 Å². The summed E-state index contributed by atoms with van der Waals surface area (Å²) in [6.45, 7) is 4.31. The van der Waals surface area contributed by atoms with Crippen LogP contribution >= 0.6 is 11.6 Å². The topological polar surface area (TPSA) is 125 Å². The summed E-state index contributed by atoms with van der Waals surface area (Å²) in [5.41, 5.74) is 0.783. The van der Waals surface area contributed by atoms with Gasteiger partial charge in [-0.05, 0) is 80.9 Å². The van der Waals surface area contributed by atoms with E-state index >= 15 is 0 Å². The van der Waals surface area contributed by atoms with Crippen molar-refractivity contribution < 1.29 is 10.0 Å². The van der Waals surface area contributed by atoms with Crippen LogP contribution in [0.15, 0.2) is 30.5 Å². The maximum atomic E-state index is 11.7. The van der Waals surface area contributed by atoms with Crippen LogP contribution in [0, 0.1) is 27.9 Å². The molecule has 0 saturated heterocycles. The van der Waals surface area contributed by atoms with Crippen LogP contribution in [0.5, 0.6) is 0 Å². The van der Waals surface area contributed by atoms with E-state index in [-0.39, 0.29) is 17.6 Å². The van der Waals surface area contributed by atoms with Gasteiger partial charge in [-0.3, -0.25) is 10.1 Å². The molecule has 1 aromatic carbocycles. The molecular weight excluding hydrogens is 504 g/mol. The number of aliphatic hydroxyl groups is 1. The van der Waals surface area contributed by atoms with Gasteiger partial charge in [0, 0.05) is 24.2 Å². The molecule has 9 nitrogen and oxygen atoms in total. The summed E-state index contributed by atoms with van der Waals surface area (Å²) >= 11 is 6.25. The molecular formula is C28H41ClN6O3. The van der Waals surface area contributed by atoms with Gasteiger partial charge in [0.15, 0.2) is 0 Å². The van der Waals surface area contributed by atoms with Crippen molar-refractivity contribution in [1.82, 2.24) is 15.3 Å². The molecule has 208 valence electrons. The minimum atomic E-state index is -0.436. The third-order valence-electron chi connectivity index (χ3n) is 8.01. The van der Waals surface area contributed by atoms with Crippen LogP contribution in [0.2, 0.25) is 5.02 Å². The zero-order chi connectivity index (χ0) is 26.9. The first kappa shape index (κ1) is 28.5. The summed E-state index contributed by atoms with van der Waals surface area (Å²) in [5.74, 6) is 2.26. The van der Waals surface area contributed by atoms with Crippen LogP contribution in [0.4, 0.5) is 17.5 Å². The lowest BCUT2D eigenvalue weighted by atomic mass is 9.73. The highest BCUT2D eigenvalue weighted by Gasteiger charge is 2.30. The zero-order valence-corrected chi connectivity index (χ0v) is 23.0. The van der Waals surface area contributed by atoms with Gasteiger partial charge in [0.25, 0.3) is 0 Å². The van der Waals surface area contributed by atoms with Crippen LogP contribution in [0.25, 0.3) is 0 Å². The SMILES string of the molecule is CCCC1C[C@@H](CNc2nc(NCc3ccccc3Cl)ncc2[N+](=O)[O-])C[C@H](CNC2CCC(O)CC2)C1. The quantitative estimate of drug-likeness (QED) is 0.195. The van der Waals surface area contributed by atoms with Gasteiger partial charge < -0.3 is 21.1 Å². The Labute approximate surface area is 230 Å². The van der Waals surface area contributed by atoms with Crippen molar-refractivity contribution in [2.75, 3.05) is 23.7 Å². The summed E-state index contributed by atoms with van der Waals surface area (Å²) in [4.78, 5) is 19.8. The van der Waals surface area contributed by atoms with Crippen LogP contribution in [0.3, 0.4) is 0 Å². The highest BCUT2D eigenvalue weighted by molar-refractivity contribution is 6.31. The van der Waals surface area contributed by atoms with E-state index in [9.17, 15) is 15.2 Å². The molecule has 0 amide bonds. The highest BCUT2D eigenvalue weighted by Crippen LogP contribution is 2.36. The Bertz CT molecular complexity index is 1050. The predicted molar refractivity (Wildman–Crippen MR) is 151 cm³/mol. The third-order valence-corrected chi connectivity index (χ3v) is 8.38. The molecule has 2 saturated carbocycles. The van der Waals surface area contributed by atoms with Gasteiger partial charge >= 0.3 is 5.69 Å². The fraction of sp³-hybridized carbons (Fsp3) is 0.643. The van der Waals surface area contributed by atoms with E-state index in [4.69, 9.17) is 11.6 Å². The average molecular weight is 545 g/mol. The normalized spacial score (nSPS) is 25.6. The first-order valence-electron chi connectivity index (χ1n) is 14.0. The summed E-state index contributed by atoms with van der Waals surface area (Å²) < 4.78 is 0. The van der Waals surface area contributed by atoms with Crippen LogP contribution in [-0.2, 0) is 6.54 Å². The first-order valence-corrected chi connectivity index (χ1v) is 14.4. The smallest absolute Gasteiger partial charge is 0.329 e. The Morgan fingerprint density at radius 1 is 1.05 bits per heavy atom. The lowest BCUT2D eigenvalue weighted by molar-refractivity contribution is -0.384. The second kappa shape index (κ2) is 14.1. The molecule has 10 heteroatoms. The van der Waals surface area contributed by atoms with Crippen molar-refractivity contribution in [1.29, 1.82) is 0 Å². The van der Waals surface area contributed by atoms with Crippen LogP contribution in [0.1, 0.15) is 70.3 Å². The fourth-order valence-corrected chi connectivity index (χ4v) is 6.28. The molecule has 0 bridgehead atoms. The molecule has 1 unspecified atom stereocenters. The number of aromatic nitrogens is 2. The van der Waals surface area contributed by atoms with Gasteiger partial charge in [-0.25, -0.2) is 4.98 Å². The van der Waals surface area contributed by atoms with E-state index in [0.29, 0.717) is 47.9 Å². The number of hydrogen-bond acceptors (Lipinski definition) is 8. The van der Waals surface area contributed by atoms with Crippen molar-refractivity contribution in [3.8, 4) is 0 Å². The first-order chi connectivity index (χ1) is 18.4. The largest absolute Gasteiger partial charge is 0.393 e. The number of benzene rings is 1. The molecule has 2 aromatic rings. The van der Waals surface area contributed by atoms with Crippen molar-refractivity contribution in [2.24, 2.45) is 17.8 Å². The molecule has 3 atom stereocenters. The van der Waals surface area contributed by atoms with Gasteiger partial charge in [-0.15, -0.1) is 0 Å². The van der Waals surface area contributed by atoms with E-state index in [0.717, 1.165) is 50.6 Å². The predicted octanol–water partition coefficient (Wildman–Crippen LogP) is 5.79. The Balaban J connectivity index is 1.36. The number of halogens is 1. The van der Waals surface area contributed by atoms with E-state index < -0.39 is 4.92 Å². The van der Waals surface area contributed by atoms with Gasteiger partial charge in [-0.1, -0.05) is 49.6 Å². The Morgan fingerprint density at radius 2 is 1.76 bits per heavy atom. The molecule has 0 radical (unpaired) electrons. The van der Waals surface area contributed by atoms with E-state index in [1.54, 1.807) is 0 Å². The summed E-state index contributed by atoms with van der Waals surface area (Å²) in [6.07, 6.45) is 10.8. The molecule has 4 N–H and O–H groups in total. The minimum Gasteiger partial charge on any atom is -0.393 e. The lowest BCUT2D eigenvalue weighted by Gasteiger charge is -2.36. The molecule has 2 aliphatic carbocycles. The Morgan fingerprint density at radius 3 is 2.47 bits per heavy atom. The minimum absolute atomic E-state index is 0.119. The Hall–Kier alpha value is -2.49. The standard InChI is InChI=1S/C28H41ClN6O3/c1-2-5-19-12-20(15-30-23-8-10-24(36)11-9-23)14-21(13-19)16-31-27-26(35(37)38)18-33-28(34-27)32-17-22-6-3-4-7-25(22)29/h3-4,6-7,18-21,23-24,30,36H,2,5,8-17H2,1H3,(H2,31,32,33,34)/t19?,20-,21-,23?,24?/m1/s1. The van der Waals surface area contributed by atoms with Crippen molar-refractivity contribution in [3.63, 3.8) is 0 Å². The number of hydrogen-bond donors (Lipinski definition) is 4. The third kappa shape index (κ3) is 8.25. The Kier molecular flexibility index (Phi) is 10.5. The number of rotatable bonds is 12. The molecule has 1 aromatic heterocycles. The maximum absolute atomic E-state index is 11.7. The number of nitrogens with one attached hydrogen (secondary N) is 3. The number of nitrogens with zero attached hydrogens (tertiary/aromatic N) is 3. The summed E-state index contributed by atoms with van der Waals surface area (Å²) in [6, 6.07) is 8.01. The fourth-order valence-electron chi connectivity index (χ4n) is 6.07. The lowest BCUT2D eigenvalue weighted by Crippen LogP contribution is -2.40. The second-order valence-electron chi connectivity index (χ2n) is 11.0. The van der Waals surface area contributed by atoms with Gasteiger partial charge in [0.1, 0.15) is 6.20 Å². The van der Waals surface area contributed by atoms with Crippen molar-refractivity contribution in [2.45, 2.75) is 83.4 Å². The zero-order valence-electron chi connectivity index (χ0n) is 22.2. The molecule has 1 heterocycles. The van der Waals surface area contributed by atoms with E-state index in [1.165, 1.54) is 25.5 Å². The summed E-state index contributed by atoms with van der Waals surface area (Å²) in [5, 5.41) is 32.3. The molecule has 0 aliphatic heterocycles. The van der Waals surface area contributed by atoms with E-state index in [2.05, 4.69) is 32.8 Å². The second-order valence-corrected chi connectivity index (χ2v) is 11.4. The van der Waals surface area contributed by atoms with Gasteiger partial charge in [-0.2, -0.15) is 4.98 Å². The molecule has 4 rings (SSSR count). The van der Waals surface area contributed by atoms with Crippen molar-refractivity contribution >= 4 is 29.1 Å². The van der Waals surface area contributed by atoms with Crippen LogP contribution in [-0.4, -0.2) is 45.2 Å². The number of nitro groups is 1. The van der Waals surface area contributed by atoms with Gasteiger partial charge in [0.2, 0.25) is 11.8 Å². The molecule has 2 aliphatic rings. The summed E-state index contributed by atoms with van der Waals surface area (Å²) in [7, 11) is 0. The average Bonchev–Trinajstić information content (AvgIpc) is 2.91. The number of anilines is 2. The van der Waals surface area contributed by atoms with E-state index in [1.807, 2.05) is 24.3 Å². The molecule has 0 spiro atoms.